The number of sulfonamides is 1. The van der Waals surface area contributed by atoms with Crippen LogP contribution in [0, 0.1) is 0 Å². The molecule has 0 aliphatic heterocycles. The van der Waals surface area contributed by atoms with Crippen LogP contribution < -0.4 is 10.0 Å². The number of carbonyl (C=O) groups excluding carboxylic acids is 1. The minimum Gasteiger partial charge on any atom is -0.326 e. The number of benzene rings is 2. The molecule has 0 bridgehead atoms. The number of hydrogen-bond acceptors (Lipinski definition) is 5. The summed E-state index contributed by atoms with van der Waals surface area (Å²) in [6, 6.07) is 17.3. The van der Waals surface area contributed by atoms with Crippen LogP contribution in [0.5, 0.6) is 0 Å². The maximum absolute atomic E-state index is 12.4. The second-order valence-electron chi connectivity index (χ2n) is 6.27. The lowest BCUT2D eigenvalue weighted by Crippen LogP contribution is -2.16. The van der Waals surface area contributed by atoms with Crippen LogP contribution in [-0.4, -0.2) is 24.3 Å². The van der Waals surface area contributed by atoms with Gasteiger partial charge in [-0.2, -0.15) is 0 Å². The molecule has 0 saturated heterocycles. The topological polar surface area (TPSA) is 101 Å². The summed E-state index contributed by atoms with van der Waals surface area (Å²) in [4.78, 5) is 20.0. The van der Waals surface area contributed by atoms with Crippen molar-refractivity contribution in [1.29, 1.82) is 0 Å². The second kappa shape index (κ2) is 8.62. The maximum atomic E-state index is 12.4. The fourth-order valence-corrected chi connectivity index (χ4v) is 3.60. The summed E-state index contributed by atoms with van der Waals surface area (Å²) in [5, 5.41) is 2.79. The van der Waals surface area contributed by atoms with Crippen LogP contribution in [0.1, 0.15) is 24.8 Å². The zero-order valence-electron chi connectivity index (χ0n) is 15.2. The van der Waals surface area contributed by atoms with Crippen molar-refractivity contribution in [3.05, 3.63) is 78.6 Å². The van der Waals surface area contributed by atoms with Gasteiger partial charge in [0.1, 0.15) is 0 Å². The predicted molar refractivity (Wildman–Crippen MR) is 107 cm³/mol. The molecular weight excluding hydrogens is 376 g/mol. The van der Waals surface area contributed by atoms with Crippen LogP contribution in [0.15, 0.2) is 78.0 Å². The molecule has 0 radical (unpaired) electrons. The van der Waals surface area contributed by atoms with E-state index < -0.39 is 10.0 Å². The quantitative estimate of drug-likeness (QED) is 0.637. The standard InChI is InChI=1S/C20H20N4O3S/c1-15(16-6-3-2-4-7-16)14-19(25)23-17-8-10-18(11-9-17)28(26,27)24-20-21-12-5-13-22-20/h2-13,15H,14H2,1H3,(H,23,25)(H,21,22,24)/t15-/m1/s1. The zero-order chi connectivity index (χ0) is 20.0. The van der Waals surface area contributed by atoms with E-state index in [9.17, 15) is 13.2 Å². The molecule has 0 saturated carbocycles. The van der Waals surface area contributed by atoms with Crippen LogP contribution in [0.2, 0.25) is 0 Å². The summed E-state index contributed by atoms with van der Waals surface area (Å²) < 4.78 is 27.0. The molecule has 2 aromatic carbocycles. The van der Waals surface area contributed by atoms with Crippen LogP contribution in [0.25, 0.3) is 0 Å². The molecular formula is C20H20N4O3S. The molecule has 1 amide bonds. The number of anilines is 2. The van der Waals surface area contributed by atoms with Crippen LogP contribution in [-0.2, 0) is 14.8 Å². The van der Waals surface area contributed by atoms with Gasteiger partial charge in [-0.15, -0.1) is 0 Å². The molecule has 1 aromatic heterocycles. The Bertz CT molecular complexity index is 1020. The van der Waals surface area contributed by atoms with E-state index in [4.69, 9.17) is 0 Å². The second-order valence-corrected chi connectivity index (χ2v) is 7.95. The highest BCUT2D eigenvalue weighted by Crippen LogP contribution is 2.20. The fraction of sp³-hybridized carbons (Fsp3) is 0.150. The zero-order valence-corrected chi connectivity index (χ0v) is 16.1. The van der Waals surface area contributed by atoms with Gasteiger partial charge in [0.15, 0.2) is 0 Å². The first-order valence-corrected chi connectivity index (χ1v) is 10.2. The van der Waals surface area contributed by atoms with Crippen molar-refractivity contribution in [1.82, 2.24) is 9.97 Å². The minimum atomic E-state index is -3.80. The van der Waals surface area contributed by atoms with Gasteiger partial charge in [0, 0.05) is 24.5 Å². The summed E-state index contributed by atoms with van der Waals surface area (Å²) in [5.74, 6) is -0.0616. The molecule has 3 rings (SSSR count). The molecule has 3 aromatic rings. The Kier molecular flexibility index (Phi) is 6.00. The number of rotatable bonds is 7. The third-order valence-electron chi connectivity index (χ3n) is 4.10. The van der Waals surface area contributed by atoms with Gasteiger partial charge >= 0.3 is 0 Å². The molecule has 1 heterocycles. The van der Waals surface area contributed by atoms with Gasteiger partial charge in [-0.3, -0.25) is 4.79 Å². The van der Waals surface area contributed by atoms with Crippen molar-refractivity contribution >= 4 is 27.6 Å². The molecule has 144 valence electrons. The summed E-state index contributed by atoms with van der Waals surface area (Å²) in [7, 11) is -3.80. The van der Waals surface area contributed by atoms with Gasteiger partial charge < -0.3 is 5.32 Å². The number of amides is 1. The van der Waals surface area contributed by atoms with E-state index in [1.54, 1.807) is 18.2 Å². The largest absolute Gasteiger partial charge is 0.326 e. The Morgan fingerprint density at radius 2 is 1.61 bits per heavy atom. The normalized spacial score (nSPS) is 12.2. The first-order valence-electron chi connectivity index (χ1n) is 8.69. The fourth-order valence-electron chi connectivity index (χ4n) is 2.64. The molecule has 0 aliphatic carbocycles. The Morgan fingerprint density at radius 3 is 2.25 bits per heavy atom. The molecule has 0 unspecified atom stereocenters. The number of nitrogens with zero attached hydrogens (tertiary/aromatic N) is 2. The van der Waals surface area contributed by atoms with E-state index in [1.165, 1.54) is 24.5 Å². The van der Waals surface area contributed by atoms with E-state index in [2.05, 4.69) is 20.0 Å². The van der Waals surface area contributed by atoms with Gasteiger partial charge in [0.2, 0.25) is 11.9 Å². The predicted octanol–water partition coefficient (Wildman–Crippen LogP) is 3.41. The highest BCUT2D eigenvalue weighted by atomic mass is 32.2. The summed E-state index contributed by atoms with van der Waals surface area (Å²) in [5.41, 5.74) is 1.62. The van der Waals surface area contributed by atoms with Crippen molar-refractivity contribution in [2.24, 2.45) is 0 Å². The SMILES string of the molecule is C[C@H](CC(=O)Nc1ccc(S(=O)(=O)Nc2ncccn2)cc1)c1ccccc1. The third-order valence-corrected chi connectivity index (χ3v) is 5.44. The van der Waals surface area contributed by atoms with Crippen molar-refractivity contribution in [2.45, 2.75) is 24.2 Å². The molecule has 0 aliphatic rings. The lowest BCUT2D eigenvalue weighted by molar-refractivity contribution is -0.116. The summed E-state index contributed by atoms with van der Waals surface area (Å²) in [6.45, 7) is 1.99. The average Bonchev–Trinajstić information content (AvgIpc) is 2.69. The minimum absolute atomic E-state index is 0.00483. The molecule has 7 nitrogen and oxygen atoms in total. The third kappa shape index (κ3) is 5.14. The monoisotopic (exact) mass is 396 g/mol. The Hall–Kier alpha value is -3.26. The molecule has 0 fully saturated rings. The molecule has 28 heavy (non-hydrogen) atoms. The number of hydrogen-bond donors (Lipinski definition) is 2. The first kappa shape index (κ1) is 19.5. The van der Waals surface area contributed by atoms with Crippen LogP contribution in [0.3, 0.4) is 0 Å². The van der Waals surface area contributed by atoms with E-state index in [-0.39, 0.29) is 22.7 Å². The molecule has 0 spiro atoms. The van der Waals surface area contributed by atoms with E-state index in [0.29, 0.717) is 12.1 Å². The highest BCUT2D eigenvalue weighted by Gasteiger charge is 2.16. The molecule has 8 heteroatoms. The van der Waals surface area contributed by atoms with Gasteiger partial charge in [-0.25, -0.2) is 23.1 Å². The van der Waals surface area contributed by atoms with Gasteiger partial charge in [0.05, 0.1) is 4.90 Å². The van der Waals surface area contributed by atoms with Gasteiger partial charge in [-0.1, -0.05) is 37.3 Å². The number of carbonyl (C=O) groups is 1. The summed E-state index contributed by atoms with van der Waals surface area (Å²) in [6.07, 6.45) is 3.22. The Labute approximate surface area is 163 Å². The lowest BCUT2D eigenvalue weighted by atomic mass is 9.97. The van der Waals surface area contributed by atoms with Crippen molar-refractivity contribution in [2.75, 3.05) is 10.0 Å². The van der Waals surface area contributed by atoms with Gasteiger partial charge in [-0.05, 0) is 41.8 Å². The molecule has 2 N–H and O–H groups in total. The van der Waals surface area contributed by atoms with E-state index in [1.807, 2.05) is 37.3 Å². The first-order chi connectivity index (χ1) is 13.4. The van der Waals surface area contributed by atoms with Crippen LogP contribution in [0.4, 0.5) is 11.6 Å². The number of aromatic nitrogens is 2. The number of nitrogens with one attached hydrogen (secondary N) is 2. The Morgan fingerprint density at radius 1 is 0.964 bits per heavy atom. The van der Waals surface area contributed by atoms with Gasteiger partial charge in [0.25, 0.3) is 10.0 Å². The highest BCUT2D eigenvalue weighted by molar-refractivity contribution is 7.92. The smallest absolute Gasteiger partial charge is 0.264 e. The van der Waals surface area contributed by atoms with Crippen LogP contribution >= 0.6 is 0 Å². The molecule has 1 atom stereocenters. The Balaban J connectivity index is 1.61. The van der Waals surface area contributed by atoms with Crippen molar-refractivity contribution in [3.8, 4) is 0 Å². The van der Waals surface area contributed by atoms with Crippen molar-refractivity contribution in [3.63, 3.8) is 0 Å². The van der Waals surface area contributed by atoms with Crippen molar-refractivity contribution < 1.29 is 13.2 Å². The average molecular weight is 396 g/mol. The van der Waals surface area contributed by atoms with E-state index >= 15 is 0 Å². The van der Waals surface area contributed by atoms with E-state index in [0.717, 1.165) is 5.56 Å². The lowest BCUT2D eigenvalue weighted by Gasteiger charge is -2.12. The maximum Gasteiger partial charge on any atom is 0.264 e. The summed E-state index contributed by atoms with van der Waals surface area (Å²) >= 11 is 0.